The van der Waals surface area contributed by atoms with Crippen molar-refractivity contribution in [1.82, 2.24) is 0 Å². The van der Waals surface area contributed by atoms with Crippen molar-refractivity contribution >= 4 is 11.8 Å². The van der Waals surface area contributed by atoms with Crippen LogP contribution in [0.25, 0.3) is 0 Å². The van der Waals surface area contributed by atoms with Gasteiger partial charge in [-0.05, 0) is 31.8 Å². The predicted octanol–water partition coefficient (Wildman–Crippen LogP) is 2.42. The van der Waals surface area contributed by atoms with Crippen molar-refractivity contribution in [1.29, 1.82) is 0 Å². The Kier molecular flexibility index (Phi) is 2.94. The van der Waals surface area contributed by atoms with Crippen LogP contribution < -0.4 is 0 Å². The van der Waals surface area contributed by atoms with E-state index in [0.29, 0.717) is 0 Å². The lowest BCUT2D eigenvalue weighted by atomic mass is 9.61. The van der Waals surface area contributed by atoms with E-state index in [9.17, 15) is 9.59 Å². The number of esters is 1. The Balaban J connectivity index is 2.36. The molecule has 3 atom stereocenters. The molecule has 0 saturated heterocycles. The minimum absolute atomic E-state index is 0.0892. The average molecular weight is 234 g/mol. The minimum atomic E-state index is -0.626. The molecule has 92 valence electrons. The van der Waals surface area contributed by atoms with E-state index in [0.717, 1.165) is 12.8 Å². The Morgan fingerprint density at radius 3 is 2.88 bits per heavy atom. The molecule has 17 heavy (non-hydrogen) atoms. The lowest BCUT2D eigenvalue weighted by Crippen LogP contribution is -2.49. The van der Waals surface area contributed by atoms with Gasteiger partial charge < -0.3 is 4.74 Å². The number of carbonyl (C=O) groups excluding carboxylic acids is 2. The van der Waals surface area contributed by atoms with Crippen LogP contribution in [0, 0.1) is 11.3 Å². The minimum Gasteiger partial charge on any atom is -0.454 e. The standard InChI is InChI=1S/C14H18O3/c1-9-4-5-11-6-7-12(16)13(17-10(2)15)14(11,3)8-9/h4,6-7,11,13H,5,8H2,1-3H3/t11-,13?,14-/m1/s1. The predicted molar refractivity (Wildman–Crippen MR) is 64.3 cm³/mol. The van der Waals surface area contributed by atoms with Crippen LogP contribution in [0.5, 0.6) is 0 Å². The van der Waals surface area contributed by atoms with Crippen LogP contribution in [-0.4, -0.2) is 17.9 Å². The molecule has 0 aromatic heterocycles. The van der Waals surface area contributed by atoms with Gasteiger partial charge in [-0.1, -0.05) is 24.6 Å². The highest BCUT2D eigenvalue weighted by Gasteiger charge is 2.48. The zero-order valence-corrected chi connectivity index (χ0v) is 10.5. The molecule has 0 bridgehead atoms. The molecule has 0 heterocycles. The molecule has 0 radical (unpaired) electrons. The molecule has 1 unspecified atom stereocenters. The molecule has 0 N–H and O–H groups in total. The Morgan fingerprint density at radius 1 is 1.53 bits per heavy atom. The van der Waals surface area contributed by atoms with Crippen LogP contribution >= 0.6 is 0 Å². The first-order valence-electron chi connectivity index (χ1n) is 5.98. The van der Waals surface area contributed by atoms with Gasteiger partial charge in [0.1, 0.15) is 0 Å². The molecule has 2 aliphatic carbocycles. The Morgan fingerprint density at radius 2 is 2.24 bits per heavy atom. The fraction of sp³-hybridized carbons (Fsp3) is 0.571. The molecule has 0 spiro atoms. The number of ketones is 1. The number of hydrogen-bond acceptors (Lipinski definition) is 3. The fourth-order valence-corrected chi connectivity index (χ4v) is 2.97. The molecule has 0 aromatic rings. The fourth-order valence-electron chi connectivity index (χ4n) is 2.97. The van der Waals surface area contributed by atoms with Crippen molar-refractivity contribution in [3.8, 4) is 0 Å². The SMILES string of the molecule is CC(=O)OC1C(=O)C=C[C@H]2CC=C(C)C[C@@]12C. The quantitative estimate of drug-likeness (QED) is 0.517. The van der Waals surface area contributed by atoms with Gasteiger partial charge in [-0.25, -0.2) is 0 Å². The number of allylic oxidation sites excluding steroid dienone is 3. The summed E-state index contributed by atoms with van der Waals surface area (Å²) in [6.07, 6.45) is 6.84. The highest BCUT2D eigenvalue weighted by atomic mass is 16.5. The Labute approximate surface area is 102 Å². The Bertz CT molecular complexity index is 419. The van der Waals surface area contributed by atoms with Crippen LogP contribution in [0.4, 0.5) is 0 Å². The number of rotatable bonds is 1. The maximum Gasteiger partial charge on any atom is 0.303 e. The number of hydrogen-bond donors (Lipinski definition) is 0. The molecule has 2 rings (SSSR count). The maximum absolute atomic E-state index is 11.9. The van der Waals surface area contributed by atoms with E-state index >= 15 is 0 Å². The zero-order valence-electron chi connectivity index (χ0n) is 10.5. The number of fused-ring (bicyclic) bond motifs is 1. The monoisotopic (exact) mass is 234 g/mol. The average Bonchev–Trinajstić information content (AvgIpc) is 2.22. The smallest absolute Gasteiger partial charge is 0.303 e. The van der Waals surface area contributed by atoms with E-state index in [-0.39, 0.29) is 23.1 Å². The van der Waals surface area contributed by atoms with Crippen LogP contribution in [0.1, 0.15) is 33.6 Å². The number of carbonyl (C=O) groups is 2. The highest BCUT2D eigenvalue weighted by molar-refractivity contribution is 5.96. The van der Waals surface area contributed by atoms with Crippen molar-refractivity contribution in [2.45, 2.75) is 39.7 Å². The van der Waals surface area contributed by atoms with Crippen molar-refractivity contribution in [3.05, 3.63) is 23.8 Å². The second-order valence-electron chi connectivity index (χ2n) is 5.33. The highest BCUT2D eigenvalue weighted by Crippen LogP contribution is 2.47. The van der Waals surface area contributed by atoms with E-state index in [1.165, 1.54) is 12.5 Å². The number of ether oxygens (including phenoxy) is 1. The van der Waals surface area contributed by atoms with Gasteiger partial charge in [-0.3, -0.25) is 9.59 Å². The molecular weight excluding hydrogens is 216 g/mol. The maximum atomic E-state index is 11.9. The van der Waals surface area contributed by atoms with Gasteiger partial charge in [0, 0.05) is 12.3 Å². The largest absolute Gasteiger partial charge is 0.454 e. The topological polar surface area (TPSA) is 43.4 Å². The van der Waals surface area contributed by atoms with Crippen LogP contribution in [-0.2, 0) is 14.3 Å². The summed E-state index contributed by atoms with van der Waals surface area (Å²) < 4.78 is 5.26. The first-order chi connectivity index (χ1) is 7.93. The summed E-state index contributed by atoms with van der Waals surface area (Å²) >= 11 is 0. The molecule has 3 nitrogen and oxygen atoms in total. The molecule has 3 heteroatoms. The summed E-state index contributed by atoms with van der Waals surface area (Å²) in [6.45, 7) is 5.47. The van der Waals surface area contributed by atoms with Crippen molar-refractivity contribution in [2.75, 3.05) is 0 Å². The van der Waals surface area contributed by atoms with E-state index in [1.54, 1.807) is 6.08 Å². The third-order valence-corrected chi connectivity index (χ3v) is 3.86. The molecule has 0 aromatic carbocycles. The summed E-state index contributed by atoms with van der Waals surface area (Å²) in [4.78, 5) is 23.1. The van der Waals surface area contributed by atoms with Gasteiger partial charge in [-0.2, -0.15) is 0 Å². The third kappa shape index (κ3) is 2.06. The summed E-state index contributed by atoms with van der Waals surface area (Å²) in [6, 6.07) is 0. The second kappa shape index (κ2) is 4.13. The van der Waals surface area contributed by atoms with Crippen LogP contribution in [0.2, 0.25) is 0 Å². The van der Waals surface area contributed by atoms with Crippen molar-refractivity contribution in [2.24, 2.45) is 11.3 Å². The molecular formula is C14H18O3. The first-order valence-corrected chi connectivity index (χ1v) is 5.98. The van der Waals surface area contributed by atoms with Gasteiger partial charge in [0.2, 0.25) is 0 Å². The zero-order chi connectivity index (χ0) is 12.6. The Hall–Kier alpha value is -1.38. The third-order valence-electron chi connectivity index (χ3n) is 3.86. The summed E-state index contributed by atoms with van der Waals surface area (Å²) in [5.41, 5.74) is 0.986. The normalized spacial score (nSPS) is 36.2. The van der Waals surface area contributed by atoms with Crippen LogP contribution in [0.15, 0.2) is 23.8 Å². The van der Waals surface area contributed by atoms with E-state index in [4.69, 9.17) is 4.74 Å². The lowest BCUT2D eigenvalue weighted by Gasteiger charge is -2.45. The van der Waals surface area contributed by atoms with Gasteiger partial charge in [-0.15, -0.1) is 0 Å². The van der Waals surface area contributed by atoms with Gasteiger partial charge in [0.25, 0.3) is 0 Å². The van der Waals surface area contributed by atoms with E-state index in [1.807, 2.05) is 13.0 Å². The molecule has 0 amide bonds. The van der Waals surface area contributed by atoms with E-state index < -0.39 is 6.10 Å². The van der Waals surface area contributed by atoms with Gasteiger partial charge in [0.05, 0.1) is 0 Å². The molecule has 0 aliphatic heterocycles. The summed E-state index contributed by atoms with van der Waals surface area (Å²) in [5.74, 6) is -0.187. The molecule has 0 saturated carbocycles. The molecule has 2 aliphatic rings. The van der Waals surface area contributed by atoms with Crippen molar-refractivity contribution < 1.29 is 14.3 Å². The summed E-state index contributed by atoms with van der Waals surface area (Å²) in [5, 5.41) is 0. The summed E-state index contributed by atoms with van der Waals surface area (Å²) in [7, 11) is 0. The van der Waals surface area contributed by atoms with Crippen molar-refractivity contribution in [3.63, 3.8) is 0 Å². The van der Waals surface area contributed by atoms with E-state index in [2.05, 4.69) is 13.0 Å². The molecule has 0 fully saturated rings. The second-order valence-corrected chi connectivity index (χ2v) is 5.33. The van der Waals surface area contributed by atoms with Gasteiger partial charge in [0.15, 0.2) is 11.9 Å². The first kappa shape index (κ1) is 12.1. The van der Waals surface area contributed by atoms with Crippen LogP contribution in [0.3, 0.4) is 0 Å². The lowest BCUT2D eigenvalue weighted by molar-refractivity contribution is -0.162. The van der Waals surface area contributed by atoms with Gasteiger partial charge >= 0.3 is 5.97 Å².